The Morgan fingerprint density at radius 3 is 2.56 bits per heavy atom. The van der Waals surface area contributed by atoms with Crippen molar-refractivity contribution in [3.05, 3.63) is 46.7 Å². The second-order valence-electron chi connectivity index (χ2n) is 8.45. The van der Waals surface area contributed by atoms with E-state index in [-0.39, 0.29) is 17.4 Å². The standard InChI is InChI=1S/C22H29N7O2S/c1-6-19(30)25-17-11-14(9-10-23-17)7-8-15-13-24-21(32-15)27-20(31)26-18-12-16(22(2,3)4)28-29(18)5/h9-13H,6-8H2,1-5H3,(H,23,25,30)(H2,24,26,27,31). The highest BCUT2D eigenvalue weighted by molar-refractivity contribution is 7.15. The summed E-state index contributed by atoms with van der Waals surface area (Å²) < 4.78 is 1.65. The lowest BCUT2D eigenvalue weighted by Gasteiger charge is -2.13. The van der Waals surface area contributed by atoms with Crippen LogP contribution in [-0.4, -0.2) is 31.7 Å². The second kappa shape index (κ2) is 9.90. The van der Waals surface area contributed by atoms with Crippen LogP contribution < -0.4 is 16.0 Å². The number of carbonyl (C=O) groups is 2. The minimum Gasteiger partial charge on any atom is -0.311 e. The van der Waals surface area contributed by atoms with E-state index in [9.17, 15) is 9.59 Å². The lowest BCUT2D eigenvalue weighted by molar-refractivity contribution is -0.115. The number of aromatic nitrogens is 4. The highest BCUT2D eigenvalue weighted by atomic mass is 32.1. The fourth-order valence-corrected chi connectivity index (χ4v) is 3.68. The number of amides is 3. The van der Waals surface area contributed by atoms with E-state index < -0.39 is 0 Å². The average molecular weight is 456 g/mol. The van der Waals surface area contributed by atoms with Gasteiger partial charge in [0.15, 0.2) is 5.13 Å². The fourth-order valence-electron chi connectivity index (χ4n) is 2.87. The summed E-state index contributed by atoms with van der Waals surface area (Å²) in [5, 5.41) is 13.4. The molecule has 0 radical (unpaired) electrons. The number of carbonyl (C=O) groups excluding carboxylic acids is 2. The molecule has 0 atom stereocenters. The van der Waals surface area contributed by atoms with Crippen LogP contribution in [0.5, 0.6) is 0 Å². The Morgan fingerprint density at radius 1 is 1.09 bits per heavy atom. The highest BCUT2D eigenvalue weighted by Gasteiger charge is 2.20. The van der Waals surface area contributed by atoms with Crippen molar-refractivity contribution in [3.8, 4) is 0 Å². The number of anilines is 3. The Labute approximate surface area is 191 Å². The Balaban J connectivity index is 1.54. The van der Waals surface area contributed by atoms with Gasteiger partial charge in [0.2, 0.25) is 5.91 Å². The van der Waals surface area contributed by atoms with Crippen LogP contribution in [0.15, 0.2) is 30.6 Å². The molecule has 9 nitrogen and oxygen atoms in total. The molecule has 0 aliphatic rings. The molecule has 3 heterocycles. The SMILES string of the molecule is CCC(=O)Nc1cc(CCc2cnc(NC(=O)Nc3cc(C(C)(C)C)nn3C)s2)ccn1. The molecule has 0 saturated carbocycles. The van der Waals surface area contributed by atoms with Crippen LogP contribution in [0.4, 0.5) is 21.6 Å². The van der Waals surface area contributed by atoms with Crippen LogP contribution in [0.2, 0.25) is 0 Å². The van der Waals surface area contributed by atoms with Crippen LogP contribution in [0.3, 0.4) is 0 Å². The largest absolute Gasteiger partial charge is 0.326 e. The van der Waals surface area contributed by atoms with Crippen LogP contribution in [0.25, 0.3) is 0 Å². The van der Waals surface area contributed by atoms with Gasteiger partial charge in [0.05, 0.1) is 5.69 Å². The van der Waals surface area contributed by atoms with E-state index in [2.05, 4.69) is 51.8 Å². The number of urea groups is 1. The van der Waals surface area contributed by atoms with Gasteiger partial charge in [-0.1, -0.05) is 27.7 Å². The summed E-state index contributed by atoms with van der Waals surface area (Å²) >= 11 is 1.43. The van der Waals surface area contributed by atoms with E-state index in [0.717, 1.165) is 29.0 Å². The van der Waals surface area contributed by atoms with Gasteiger partial charge in [-0.25, -0.2) is 14.8 Å². The molecule has 0 unspecified atom stereocenters. The molecular weight excluding hydrogens is 426 g/mol. The van der Waals surface area contributed by atoms with Gasteiger partial charge >= 0.3 is 6.03 Å². The minimum absolute atomic E-state index is 0.0631. The maximum Gasteiger partial charge on any atom is 0.326 e. The van der Waals surface area contributed by atoms with Gasteiger partial charge < -0.3 is 5.32 Å². The lowest BCUT2D eigenvalue weighted by atomic mass is 9.92. The van der Waals surface area contributed by atoms with Crippen molar-refractivity contribution in [2.45, 2.75) is 52.4 Å². The molecule has 3 N–H and O–H groups in total. The maximum absolute atomic E-state index is 12.4. The third kappa shape index (κ3) is 6.36. The number of nitrogens with zero attached hydrogens (tertiary/aromatic N) is 4. The zero-order chi connectivity index (χ0) is 23.3. The number of aryl methyl sites for hydroxylation is 3. The van der Waals surface area contributed by atoms with Gasteiger partial charge in [-0.15, -0.1) is 11.3 Å². The van der Waals surface area contributed by atoms with Gasteiger partial charge in [-0.3, -0.25) is 20.1 Å². The fraction of sp³-hybridized carbons (Fsp3) is 0.409. The molecule has 10 heteroatoms. The number of hydrogen-bond acceptors (Lipinski definition) is 6. The summed E-state index contributed by atoms with van der Waals surface area (Å²) in [6.45, 7) is 8.02. The van der Waals surface area contributed by atoms with Crippen LogP contribution in [-0.2, 0) is 30.1 Å². The van der Waals surface area contributed by atoms with E-state index in [1.54, 1.807) is 31.0 Å². The average Bonchev–Trinajstić information content (AvgIpc) is 3.33. The number of thiazole rings is 1. The molecular formula is C22H29N7O2S. The molecule has 0 aliphatic heterocycles. The van der Waals surface area contributed by atoms with E-state index in [0.29, 0.717) is 23.2 Å². The van der Waals surface area contributed by atoms with Crippen molar-refractivity contribution in [2.24, 2.45) is 7.05 Å². The van der Waals surface area contributed by atoms with Crippen LogP contribution in [0, 0.1) is 0 Å². The van der Waals surface area contributed by atoms with Crippen molar-refractivity contribution in [1.82, 2.24) is 19.7 Å². The number of pyridine rings is 1. The minimum atomic E-state index is -0.361. The Kier molecular flexibility index (Phi) is 7.24. The lowest BCUT2D eigenvalue weighted by Crippen LogP contribution is -2.20. The Hall–Kier alpha value is -3.27. The Morgan fingerprint density at radius 2 is 1.88 bits per heavy atom. The summed E-state index contributed by atoms with van der Waals surface area (Å²) in [5.74, 6) is 1.11. The zero-order valence-electron chi connectivity index (χ0n) is 19.0. The van der Waals surface area contributed by atoms with Gasteiger partial charge in [-0.2, -0.15) is 5.10 Å². The molecule has 3 rings (SSSR count). The number of rotatable bonds is 7. The van der Waals surface area contributed by atoms with Crippen molar-refractivity contribution < 1.29 is 9.59 Å². The first kappa shape index (κ1) is 23.4. The quantitative estimate of drug-likeness (QED) is 0.490. The first-order valence-electron chi connectivity index (χ1n) is 10.5. The van der Waals surface area contributed by atoms with Gasteiger partial charge in [0, 0.05) is 42.2 Å². The normalized spacial score (nSPS) is 11.3. The molecule has 170 valence electrons. The van der Waals surface area contributed by atoms with Crippen molar-refractivity contribution in [2.75, 3.05) is 16.0 Å². The van der Waals surface area contributed by atoms with Crippen molar-refractivity contribution in [3.63, 3.8) is 0 Å². The van der Waals surface area contributed by atoms with Gasteiger partial charge in [0.25, 0.3) is 0 Å². The van der Waals surface area contributed by atoms with Crippen molar-refractivity contribution >= 4 is 40.0 Å². The summed E-state index contributed by atoms with van der Waals surface area (Å²) in [7, 11) is 1.80. The predicted octanol–water partition coefficient (Wildman–Crippen LogP) is 4.35. The molecule has 0 aliphatic carbocycles. The molecule has 3 aromatic rings. The van der Waals surface area contributed by atoms with Gasteiger partial charge in [-0.05, 0) is 30.5 Å². The summed E-state index contributed by atoms with van der Waals surface area (Å²) in [4.78, 5) is 33.5. The molecule has 0 bridgehead atoms. The smallest absolute Gasteiger partial charge is 0.311 e. The summed E-state index contributed by atoms with van der Waals surface area (Å²) in [5.41, 5.74) is 1.87. The highest BCUT2D eigenvalue weighted by Crippen LogP contribution is 2.24. The summed E-state index contributed by atoms with van der Waals surface area (Å²) in [6, 6.07) is 5.31. The molecule has 3 amide bonds. The molecule has 0 aromatic carbocycles. The van der Waals surface area contributed by atoms with Crippen molar-refractivity contribution in [1.29, 1.82) is 0 Å². The molecule has 0 fully saturated rings. The molecule has 0 spiro atoms. The number of hydrogen-bond donors (Lipinski definition) is 3. The molecule has 3 aromatic heterocycles. The van der Waals surface area contributed by atoms with E-state index >= 15 is 0 Å². The second-order valence-corrected chi connectivity index (χ2v) is 9.57. The Bertz CT molecular complexity index is 1100. The monoisotopic (exact) mass is 455 g/mol. The molecule has 32 heavy (non-hydrogen) atoms. The molecule has 0 saturated heterocycles. The topological polar surface area (TPSA) is 114 Å². The van der Waals surface area contributed by atoms with E-state index in [1.807, 2.05) is 18.2 Å². The van der Waals surface area contributed by atoms with Gasteiger partial charge in [0.1, 0.15) is 11.6 Å². The summed E-state index contributed by atoms with van der Waals surface area (Å²) in [6.07, 6.45) is 5.41. The van der Waals surface area contributed by atoms with Crippen LogP contribution in [0.1, 0.15) is 50.3 Å². The first-order valence-corrected chi connectivity index (χ1v) is 11.3. The third-order valence-electron chi connectivity index (χ3n) is 4.74. The third-order valence-corrected chi connectivity index (χ3v) is 5.71. The van der Waals surface area contributed by atoms with Crippen LogP contribution >= 0.6 is 11.3 Å². The zero-order valence-corrected chi connectivity index (χ0v) is 19.8. The number of nitrogens with one attached hydrogen (secondary N) is 3. The van der Waals surface area contributed by atoms with E-state index in [4.69, 9.17) is 0 Å². The maximum atomic E-state index is 12.4. The van der Waals surface area contributed by atoms with E-state index in [1.165, 1.54) is 11.3 Å². The first-order chi connectivity index (χ1) is 15.1. The predicted molar refractivity (Wildman–Crippen MR) is 127 cm³/mol.